The molecule has 0 spiro atoms. The maximum atomic E-state index is 13.7. The number of nitrogens with zero attached hydrogens (tertiary/aromatic N) is 3. The van der Waals surface area contributed by atoms with Gasteiger partial charge in [0.25, 0.3) is 10.0 Å². The first-order chi connectivity index (χ1) is 17.0. The third-order valence-corrected chi connectivity index (χ3v) is 7.83. The van der Waals surface area contributed by atoms with Crippen molar-refractivity contribution in [3.05, 3.63) is 72.2 Å². The molecule has 0 aliphatic heterocycles. The van der Waals surface area contributed by atoms with Gasteiger partial charge >= 0.3 is 0 Å². The van der Waals surface area contributed by atoms with Gasteiger partial charge in [-0.05, 0) is 31.2 Å². The molecule has 0 bridgehead atoms. The van der Waals surface area contributed by atoms with E-state index in [1.807, 2.05) is 27.7 Å². The molecule has 3 aromatic heterocycles. The molecule has 0 saturated heterocycles. The molecule has 36 heavy (non-hydrogen) atoms. The van der Waals surface area contributed by atoms with Gasteiger partial charge in [0.05, 0.1) is 35.0 Å². The van der Waals surface area contributed by atoms with Gasteiger partial charge in [-0.15, -0.1) is 0 Å². The van der Waals surface area contributed by atoms with Crippen molar-refractivity contribution < 1.29 is 17.9 Å². The largest absolute Gasteiger partial charge is 0.497 e. The number of carbonyl (C=O) groups is 1. The van der Waals surface area contributed by atoms with Gasteiger partial charge in [-0.3, -0.25) is 4.79 Å². The summed E-state index contributed by atoms with van der Waals surface area (Å²) >= 11 is 0. The summed E-state index contributed by atoms with van der Waals surface area (Å²) in [5.41, 5.74) is 3.24. The Morgan fingerprint density at radius 3 is 2.47 bits per heavy atom. The lowest BCUT2D eigenvalue weighted by Crippen LogP contribution is -2.20. The number of aryl methyl sites for hydroxylation is 1. The van der Waals surface area contributed by atoms with Gasteiger partial charge in [0.15, 0.2) is 11.4 Å². The number of aromatic amines is 1. The average molecular weight is 503 g/mol. The monoisotopic (exact) mass is 502 g/mol. The van der Waals surface area contributed by atoms with Crippen LogP contribution in [-0.4, -0.2) is 40.2 Å². The summed E-state index contributed by atoms with van der Waals surface area (Å²) in [5.74, 6) is 0.465. The Kier molecular flexibility index (Phi) is 5.48. The van der Waals surface area contributed by atoms with E-state index >= 15 is 0 Å². The van der Waals surface area contributed by atoms with Gasteiger partial charge in [0, 0.05) is 34.8 Å². The van der Waals surface area contributed by atoms with Crippen LogP contribution in [0.5, 0.6) is 5.75 Å². The van der Waals surface area contributed by atoms with E-state index in [1.54, 1.807) is 61.1 Å². The number of benzene rings is 2. The minimum Gasteiger partial charge on any atom is -0.497 e. The lowest BCUT2D eigenvalue weighted by molar-refractivity contribution is 0.0860. The minimum absolute atomic E-state index is 0.0608. The average Bonchev–Trinajstić information content (AvgIpc) is 3.44. The van der Waals surface area contributed by atoms with Crippen LogP contribution in [-0.2, 0) is 10.0 Å². The Morgan fingerprint density at radius 2 is 1.81 bits per heavy atom. The van der Waals surface area contributed by atoms with Crippen molar-refractivity contribution >= 4 is 37.9 Å². The van der Waals surface area contributed by atoms with Crippen LogP contribution in [0.3, 0.4) is 0 Å². The topological polar surface area (TPSA) is 107 Å². The van der Waals surface area contributed by atoms with Crippen LogP contribution in [0, 0.1) is 12.3 Å². The SMILES string of the molecule is COc1ccc2c(-c3cnc4[nH]cc(C(=O)C(C)(C)C)c4n3)cn(S(=O)(=O)c3ccc(C)cc3)c2c1. The number of hydrogen-bond acceptors (Lipinski definition) is 6. The fourth-order valence-electron chi connectivity index (χ4n) is 4.13. The number of aromatic nitrogens is 4. The second-order valence-electron chi connectivity index (χ2n) is 9.77. The summed E-state index contributed by atoms with van der Waals surface area (Å²) in [4.78, 5) is 25.4. The van der Waals surface area contributed by atoms with Crippen molar-refractivity contribution in [2.45, 2.75) is 32.6 Å². The smallest absolute Gasteiger partial charge is 0.268 e. The summed E-state index contributed by atoms with van der Waals surface area (Å²) in [6.07, 6.45) is 4.75. The molecular weight excluding hydrogens is 476 g/mol. The van der Waals surface area contributed by atoms with Gasteiger partial charge in [-0.2, -0.15) is 0 Å². The number of fused-ring (bicyclic) bond motifs is 2. The third-order valence-electron chi connectivity index (χ3n) is 6.14. The summed E-state index contributed by atoms with van der Waals surface area (Å²) in [5, 5.41) is 0.666. The van der Waals surface area contributed by atoms with E-state index in [0.29, 0.717) is 44.6 Å². The van der Waals surface area contributed by atoms with Gasteiger partial charge < -0.3 is 9.72 Å². The van der Waals surface area contributed by atoms with Crippen molar-refractivity contribution in [1.82, 2.24) is 18.9 Å². The molecule has 0 atom stereocenters. The maximum Gasteiger partial charge on any atom is 0.268 e. The molecule has 2 aromatic carbocycles. The number of hydrogen-bond donors (Lipinski definition) is 1. The Morgan fingerprint density at radius 1 is 1.08 bits per heavy atom. The second-order valence-corrected chi connectivity index (χ2v) is 11.6. The zero-order valence-electron chi connectivity index (χ0n) is 20.7. The van der Waals surface area contributed by atoms with Crippen LogP contribution in [0.25, 0.3) is 33.3 Å². The zero-order chi connectivity index (χ0) is 25.8. The number of carbonyl (C=O) groups excluding carboxylic acids is 1. The predicted molar refractivity (Wildman–Crippen MR) is 139 cm³/mol. The number of nitrogens with one attached hydrogen (secondary N) is 1. The number of H-pyrrole nitrogens is 1. The quantitative estimate of drug-likeness (QED) is 0.324. The van der Waals surface area contributed by atoms with Crippen molar-refractivity contribution in [3.63, 3.8) is 0 Å². The van der Waals surface area contributed by atoms with Crippen LogP contribution in [0.4, 0.5) is 0 Å². The molecule has 1 N–H and O–H groups in total. The van der Waals surface area contributed by atoms with E-state index < -0.39 is 15.4 Å². The second kappa shape index (κ2) is 8.30. The first kappa shape index (κ1) is 23.7. The molecule has 0 aliphatic rings. The molecule has 0 unspecified atom stereocenters. The first-order valence-corrected chi connectivity index (χ1v) is 12.9. The molecule has 0 radical (unpaired) electrons. The Balaban J connectivity index is 1.75. The molecule has 0 saturated carbocycles. The summed E-state index contributed by atoms with van der Waals surface area (Å²) in [6.45, 7) is 7.45. The van der Waals surface area contributed by atoms with E-state index in [2.05, 4.69) is 9.97 Å². The highest BCUT2D eigenvalue weighted by Gasteiger charge is 2.27. The highest BCUT2D eigenvalue weighted by Crippen LogP contribution is 2.35. The van der Waals surface area contributed by atoms with Gasteiger partial charge in [0.2, 0.25) is 0 Å². The standard InChI is InChI=1S/C27H26N4O4S/c1-16-6-9-18(10-7-16)36(33,34)31-15-21(19-11-8-17(35-5)12-23(19)31)22-14-29-26-24(30-22)20(13-28-26)25(32)27(2,3)4/h6-15H,1-5H3,(H,28,29). The first-order valence-electron chi connectivity index (χ1n) is 11.4. The van der Waals surface area contributed by atoms with Gasteiger partial charge in [-0.25, -0.2) is 22.4 Å². The van der Waals surface area contributed by atoms with E-state index in [0.717, 1.165) is 5.56 Å². The van der Waals surface area contributed by atoms with E-state index in [-0.39, 0.29) is 10.7 Å². The molecule has 0 amide bonds. The molecule has 8 nitrogen and oxygen atoms in total. The highest BCUT2D eigenvalue weighted by atomic mass is 32.2. The van der Waals surface area contributed by atoms with Crippen LogP contribution in [0.2, 0.25) is 0 Å². The van der Waals surface area contributed by atoms with Crippen molar-refractivity contribution in [3.8, 4) is 17.0 Å². The van der Waals surface area contributed by atoms with Crippen molar-refractivity contribution in [1.29, 1.82) is 0 Å². The van der Waals surface area contributed by atoms with E-state index in [9.17, 15) is 13.2 Å². The van der Waals surface area contributed by atoms with E-state index in [1.165, 1.54) is 11.1 Å². The minimum atomic E-state index is -3.91. The van der Waals surface area contributed by atoms with Crippen LogP contribution < -0.4 is 4.74 Å². The molecule has 9 heteroatoms. The Hall–Kier alpha value is -3.98. The summed E-state index contributed by atoms with van der Waals surface area (Å²) in [6, 6.07) is 12.0. The Bertz CT molecular complexity index is 1740. The molecule has 184 valence electrons. The number of rotatable bonds is 5. The Labute approximate surface area is 209 Å². The number of Topliss-reactive ketones (excluding diaryl/α,β-unsaturated/α-hetero) is 1. The van der Waals surface area contributed by atoms with Gasteiger partial charge in [-0.1, -0.05) is 38.5 Å². The molecule has 5 rings (SSSR count). The number of ketones is 1. The molecule has 0 aliphatic carbocycles. The normalized spacial score (nSPS) is 12.4. The van der Waals surface area contributed by atoms with Crippen molar-refractivity contribution in [2.75, 3.05) is 7.11 Å². The molecule has 5 aromatic rings. The fraction of sp³-hybridized carbons (Fsp3) is 0.222. The van der Waals surface area contributed by atoms with Crippen LogP contribution >= 0.6 is 0 Å². The maximum absolute atomic E-state index is 13.7. The fourth-order valence-corrected chi connectivity index (χ4v) is 5.49. The van der Waals surface area contributed by atoms with Gasteiger partial charge in [0.1, 0.15) is 11.3 Å². The predicted octanol–water partition coefficient (Wildman–Crippen LogP) is 5.36. The summed E-state index contributed by atoms with van der Waals surface area (Å²) in [7, 11) is -2.38. The summed E-state index contributed by atoms with van der Waals surface area (Å²) < 4.78 is 33.9. The molecule has 3 heterocycles. The lowest BCUT2D eigenvalue weighted by Gasteiger charge is -2.15. The van der Waals surface area contributed by atoms with Crippen molar-refractivity contribution in [2.24, 2.45) is 5.41 Å². The highest BCUT2D eigenvalue weighted by molar-refractivity contribution is 7.90. The van der Waals surface area contributed by atoms with Crippen LogP contribution in [0.15, 0.2) is 66.0 Å². The third kappa shape index (κ3) is 3.85. The zero-order valence-corrected chi connectivity index (χ0v) is 21.5. The molecular formula is C27H26N4O4S. The lowest BCUT2D eigenvalue weighted by atomic mass is 9.87. The number of ether oxygens (including phenoxy) is 1. The number of methoxy groups -OCH3 is 1. The van der Waals surface area contributed by atoms with E-state index in [4.69, 9.17) is 9.72 Å². The van der Waals surface area contributed by atoms with Crippen LogP contribution in [0.1, 0.15) is 36.7 Å². The molecule has 0 fully saturated rings.